The van der Waals surface area contributed by atoms with Crippen LogP contribution in [-0.4, -0.2) is 31.1 Å². The van der Waals surface area contributed by atoms with Crippen LogP contribution in [0.4, 0.5) is 0 Å². The molecule has 1 fully saturated rings. The number of carbonyl (C=O) groups excluding carboxylic acids is 1. The van der Waals surface area contributed by atoms with Crippen LogP contribution < -0.4 is 0 Å². The van der Waals surface area contributed by atoms with E-state index in [9.17, 15) is 13.2 Å². The Morgan fingerprint density at radius 2 is 1.57 bits per heavy atom. The first kappa shape index (κ1) is 19.2. The predicted octanol–water partition coefficient (Wildman–Crippen LogP) is 4.33. The van der Waals surface area contributed by atoms with E-state index >= 15 is 0 Å². The Balaban J connectivity index is 1.70. The van der Waals surface area contributed by atoms with Gasteiger partial charge in [-0.2, -0.15) is 4.31 Å². The Morgan fingerprint density at radius 1 is 0.900 bits per heavy atom. The minimum Gasteiger partial charge on any atom is -0.294 e. The number of hydrogen-bond donors (Lipinski definition) is 0. The molecule has 152 valence electrons. The number of rotatable bonds is 3. The molecule has 0 N–H and O–H groups in total. The second-order valence-corrected chi connectivity index (χ2v) is 10.1. The van der Waals surface area contributed by atoms with Crippen molar-refractivity contribution in [3.8, 4) is 0 Å². The van der Waals surface area contributed by atoms with E-state index in [1.165, 1.54) is 0 Å². The minimum absolute atomic E-state index is 0.00756. The molecule has 5 heteroatoms. The fourth-order valence-corrected chi connectivity index (χ4v) is 6.88. The highest BCUT2D eigenvalue weighted by atomic mass is 32.2. The number of aryl methyl sites for hydroxylation is 1. The van der Waals surface area contributed by atoms with E-state index in [0.717, 1.165) is 16.7 Å². The molecule has 5 rings (SSSR count). The molecule has 1 saturated heterocycles. The number of carbonyl (C=O) groups is 1. The van der Waals surface area contributed by atoms with Crippen LogP contribution in [0.3, 0.4) is 0 Å². The largest absolute Gasteiger partial charge is 0.294 e. The average molecular weight is 418 g/mol. The zero-order valence-corrected chi connectivity index (χ0v) is 17.6. The van der Waals surface area contributed by atoms with Crippen LogP contribution in [0.15, 0.2) is 83.8 Å². The maximum absolute atomic E-state index is 13.6. The SMILES string of the molecule is Cc1ccc(S(=O)(=O)N2CC[C@@]3(c4ccccc4)c4ccccc4C(=O)C[C@@H]23)cc1. The second kappa shape index (κ2) is 6.89. The summed E-state index contributed by atoms with van der Waals surface area (Å²) >= 11 is 0. The normalized spacial score (nSPS) is 23.8. The van der Waals surface area contributed by atoms with Gasteiger partial charge in [0, 0.05) is 30.0 Å². The molecular weight excluding hydrogens is 394 g/mol. The van der Waals surface area contributed by atoms with E-state index in [1.54, 1.807) is 16.4 Å². The van der Waals surface area contributed by atoms with Gasteiger partial charge in [-0.3, -0.25) is 4.79 Å². The summed E-state index contributed by atoms with van der Waals surface area (Å²) < 4.78 is 28.8. The first-order valence-electron chi connectivity index (χ1n) is 10.2. The summed E-state index contributed by atoms with van der Waals surface area (Å²) in [6.07, 6.45) is 0.841. The molecule has 30 heavy (non-hydrogen) atoms. The Kier molecular flexibility index (Phi) is 4.42. The van der Waals surface area contributed by atoms with Gasteiger partial charge in [0.25, 0.3) is 0 Å². The highest BCUT2D eigenvalue weighted by Gasteiger charge is 2.57. The van der Waals surface area contributed by atoms with Crippen molar-refractivity contribution < 1.29 is 13.2 Å². The van der Waals surface area contributed by atoms with Crippen LogP contribution in [0.5, 0.6) is 0 Å². The topological polar surface area (TPSA) is 54.5 Å². The van der Waals surface area contributed by atoms with E-state index in [-0.39, 0.29) is 17.1 Å². The zero-order valence-electron chi connectivity index (χ0n) is 16.8. The average Bonchev–Trinajstić information content (AvgIpc) is 3.16. The van der Waals surface area contributed by atoms with Crippen LogP contribution in [0.2, 0.25) is 0 Å². The lowest BCUT2D eigenvalue weighted by molar-refractivity contribution is 0.0929. The van der Waals surface area contributed by atoms with E-state index in [1.807, 2.05) is 61.5 Å². The highest BCUT2D eigenvalue weighted by molar-refractivity contribution is 7.89. The molecule has 1 aliphatic heterocycles. The molecular formula is C25H23NO3S. The summed E-state index contributed by atoms with van der Waals surface area (Å²) in [5.41, 5.74) is 3.21. The van der Waals surface area contributed by atoms with Gasteiger partial charge >= 0.3 is 0 Å². The van der Waals surface area contributed by atoms with Crippen molar-refractivity contribution in [3.63, 3.8) is 0 Å². The lowest BCUT2D eigenvalue weighted by Crippen LogP contribution is -2.50. The lowest BCUT2D eigenvalue weighted by Gasteiger charge is -2.42. The zero-order chi connectivity index (χ0) is 20.9. The molecule has 3 aromatic carbocycles. The van der Waals surface area contributed by atoms with Crippen molar-refractivity contribution >= 4 is 15.8 Å². The van der Waals surface area contributed by atoms with Crippen LogP contribution in [0.25, 0.3) is 0 Å². The third-order valence-corrected chi connectivity index (χ3v) is 8.57. The Morgan fingerprint density at radius 3 is 2.30 bits per heavy atom. The monoisotopic (exact) mass is 417 g/mol. The number of Topliss-reactive ketones (excluding diaryl/α,β-unsaturated/α-hetero) is 1. The maximum Gasteiger partial charge on any atom is 0.243 e. The summed E-state index contributed by atoms with van der Waals surface area (Å²) in [6.45, 7) is 2.32. The number of ketones is 1. The molecule has 0 saturated carbocycles. The van der Waals surface area contributed by atoms with Crippen molar-refractivity contribution in [1.29, 1.82) is 0 Å². The summed E-state index contributed by atoms with van der Waals surface area (Å²) in [7, 11) is -3.72. The first-order chi connectivity index (χ1) is 14.4. The summed E-state index contributed by atoms with van der Waals surface area (Å²) in [4.78, 5) is 13.3. The smallest absolute Gasteiger partial charge is 0.243 e. The van der Waals surface area contributed by atoms with Gasteiger partial charge in [0.05, 0.1) is 4.90 Å². The predicted molar refractivity (Wildman–Crippen MR) is 116 cm³/mol. The number of fused-ring (bicyclic) bond motifs is 3. The van der Waals surface area contributed by atoms with Gasteiger partial charge in [-0.1, -0.05) is 72.3 Å². The molecule has 2 atom stereocenters. The maximum atomic E-state index is 13.6. The number of sulfonamides is 1. The van der Waals surface area contributed by atoms with Gasteiger partial charge in [-0.05, 0) is 36.6 Å². The van der Waals surface area contributed by atoms with E-state index in [4.69, 9.17) is 0 Å². The summed E-state index contributed by atoms with van der Waals surface area (Å²) in [5.74, 6) is 0.00756. The first-order valence-corrected chi connectivity index (χ1v) is 11.7. The van der Waals surface area contributed by atoms with Gasteiger partial charge in [0.2, 0.25) is 10.0 Å². The van der Waals surface area contributed by atoms with E-state index in [0.29, 0.717) is 18.5 Å². The van der Waals surface area contributed by atoms with Crippen LogP contribution >= 0.6 is 0 Å². The summed E-state index contributed by atoms with van der Waals surface area (Å²) in [5, 5.41) is 0. The molecule has 1 aliphatic carbocycles. The lowest BCUT2D eigenvalue weighted by atomic mass is 9.63. The van der Waals surface area contributed by atoms with Gasteiger partial charge in [0.15, 0.2) is 5.78 Å². The minimum atomic E-state index is -3.72. The van der Waals surface area contributed by atoms with Crippen molar-refractivity contribution in [2.75, 3.05) is 6.54 Å². The van der Waals surface area contributed by atoms with Crippen LogP contribution in [0.1, 0.15) is 39.9 Å². The number of nitrogens with zero attached hydrogens (tertiary/aromatic N) is 1. The fraction of sp³-hybridized carbons (Fsp3) is 0.240. The third kappa shape index (κ3) is 2.69. The summed E-state index contributed by atoms with van der Waals surface area (Å²) in [6, 6.07) is 24.2. The van der Waals surface area contributed by atoms with Crippen molar-refractivity contribution in [2.45, 2.75) is 36.1 Å². The Labute approximate surface area is 177 Å². The van der Waals surface area contributed by atoms with Gasteiger partial charge < -0.3 is 0 Å². The van der Waals surface area contributed by atoms with Gasteiger partial charge in [-0.25, -0.2) is 8.42 Å². The standard InChI is InChI=1S/C25H23NO3S/c1-18-11-13-20(14-12-18)30(28,29)26-16-15-25(19-7-3-2-4-8-19)22-10-6-5-9-21(22)23(27)17-24(25)26/h2-14,24H,15-17H2,1H3/t24-,25-/m1/s1. The molecule has 0 aromatic heterocycles. The molecule has 0 spiro atoms. The molecule has 1 heterocycles. The van der Waals surface area contributed by atoms with Crippen molar-refractivity contribution in [2.24, 2.45) is 0 Å². The second-order valence-electron chi connectivity index (χ2n) is 8.20. The molecule has 0 unspecified atom stereocenters. The number of benzene rings is 3. The molecule has 2 aliphatic rings. The van der Waals surface area contributed by atoms with Crippen LogP contribution in [0, 0.1) is 6.92 Å². The van der Waals surface area contributed by atoms with E-state index < -0.39 is 21.5 Å². The number of hydrogen-bond acceptors (Lipinski definition) is 3. The molecule has 0 radical (unpaired) electrons. The quantitative estimate of drug-likeness (QED) is 0.637. The third-order valence-electron chi connectivity index (χ3n) is 6.65. The fourth-order valence-electron chi connectivity index (χ4n) is 5.21. The van der Waals surface area contributed by atoms with Crippen LogP contribution in [-0.2, 0) is 15.4 Å². The molecule has 0 amide bonds. The molecule has 3 aromatic rings. The molecule has 0 bridgehead atoms. The van der Waals surface area contributed by atoms with Crippen molar-refractivity contribution in [3.05, 3.63) is 101 Å². The van der Waals surface area contributed by atoms with Gasteiger partial charge in [-0.15, -0.1) is 0 Å². The van der Waals surface area contributed by atoms with Crippen molar-refractivity contribution in [1.82, 2.24) is 4.31 Å². The Hall–Kier alpha value is -2.76. The van der Waals surface area contributed by atoms with E-state index in [2.05, 4.69) is 12.1 Å². The van der Waals surface area contributed by atoms with Gasteiger partial charge in [0.1, 0.15) is 0 Å². The highest BCUT2D eigenvalue weighted by Crippen LogP contribution is 2.52. The Bertz CT molecular complexity index is 1220. The molecule has 4 nitrogen and oxygen atoms in total.